The third-order valence-corrected chi connectivity index (χ3v) is 8.96. The molecular formula is C34H36F2N6O3. The number of nitrogens with zero attached hydrogens (tertiary/aromatic N) is 6. The summed E-state index contributed by atoms with van der Waals surface area (Å²) >= 11 is 0. The van der Waals surface area contributed by atoms with Gasteiger partial charge in [-0.05, 0) is 50.0 Å². The number of anilines is 2. The second kappa shape index (κ2) is 11.3. The van der Waals surface area contributed by atoms with Crippen molar-refractivity contribution in [3.05, 3.63) is 82.6 Å². The molecular weight excluding hydrogens is 578 g/mol. The standard InChI is InChI=1S/C34H36F2N6O3/c1-7-24(44)40-16-20(5)41-21(17-40)13-15-39(6)31-26-32(28(36)25(27(31)35)22-10-8-9-11-23(22)43)42(34(45)38-33(26)41)30-19(4)12-14-37-29(30)18(2)3/h7-12,14,18,20-21,43H,1,13,15-17H2,2-6H3. The molecule has 2 atom stereocenters. The van der Waals surface area contributed by atoms with Crippen LogP contribution in [0.5, 0.6) is 5.75 Å². The molecule has 234 valence electrons. The minimum atomic E-state index is -0.995. The number of phenolic OH excluding ortho intramolecular Hbond substituents is 1. The van der Waals surface area contributed by atoms with E-state index >= 15 is 8.78 Å². The summed E-state index contributed by atoms with van der Waals surface area (Å²) in [7, 11) is 1.72. The minimum Gasteiger partial charge on any atom is -0.507 e. The predicted octanol–water partition coefficient (Wildman–Crippen LogP) is 5.29. The zero-order chi connectivity index (χ0) is 32.3. The van der Waals surface area contributed by atoms with Crippen LogP contribution >= 0.6 is 0 Å². The molecule has 0 spiro atoms. The monoisotopic (exact) mass is 614 g/mol. The topological polar surface area (TPSA) is 94.8 Å². The first-order chi connectivity index (χ1) is 21.5. The molecule has 4 heterocycles. The van der Waals surface area contributed by atoms with Crippen molar-refractivity contribution in [1.82, 2.24) is 19.4 Å². The fourth-order valence-corrected chi connectivity index (χ4v) is 6.90. The molecule has 0 bridgehead atoms. The summed E-state index contributed by atoms with van der Waals surface area (Å²) in [6, 6.07) is 7.11. The lowest BCUT2D eigenvalue weighted by molar-refractivity contribution is -0.127. The number of para-hydroxylation sites is 1. The fraction of sp³-hybridized carbons (Fsp3) is 0.353. The van der Waals surface area contributed by atoms with E-state index in [1.54, 1.807) is 41.2 Å². The molecule has 2 aliphatic heterocycles. The summed E-state index contributed by atoms with van der Waals surface area (Å²) < 4.78 is 35.5. The van der Waals surface area contributed by atoms with Gasteiger partial charge in [0, 0.05) is 44.5 Å². The number of carbonyl (C=O) groups excluding carboxylic acids is 1. The summed E-state index contributed by atoms with van der Waals surface area (Å²) in [6.07, 6.45) is 3.42. The number of aromatic hydroxyl groups is 1. The maximum Gasteiger partial charge on any atom is 0.354 e. The number of hydrogen-bond donors (Lipinski definition) is 1. The molecule has 4 aromatic rings. The number of piperazine rings is 1. The van der Waals surface area contributed by atoms with E-state index in [2.05, 4.69) is 16.5 Å². The molecule has 1 N–H and O–H groups in total. The molecule has 2 unspecified atom stereocenters. The number of halogens is 2. The van der Waals surface area contributed by atoms with Crippen LogP contribution in [0.25, 0.3) is 27.7 Å². The van der Waals surface area contributed by atoms with Crippen LogP contribution in [0.1, 0.15) is 44.4 Å². The third-order valence-electron chi connectivity index (χ3n) is 8.96. The molecule has 1 saturated heterocycles. The molecule has 2 aromatic heterocycles. The van der Waals surface area contributed by atoms with Crippen LogP contribution in [0, 0.1) is 18.6 Å². The summed E-state index contributed by atoms with van der Waals surface area (Å²) in [6.45, 7) is 12.2. The van der Waals surface area contributed by atoms with Gasteiger partial charge in [-0.15, -0.1) is 0 Å². The first-order valence-corrected chi connectivity index (χ1v) is 15.1. The lowest BCUT2D eigenvalue weighted by Crippen LogP contribution is -2.60. The van der Waals surface area contributed by atoms with Gasteiger partial charge in [0.15, 0.2) is 11.6 Å². The average Bonchev–Trinajstić information content (AvgIpc) is 2.99. The van der Waals surface area contributed by atoms with Crippen LogP contribution < -0.4 is 15.5 Å². The Bertz CT molecular complexity index is 1920. The highest BCUT2D eigenvalue weighted by Gasteiger charge is 2.40. The van der Waals surface area contributed by atoms with Crippen LogP contribution in [0.3, 0.4) is 0 Å². The van der Waals surface area contributed by atoms with Gasteiger partial charge in [0.2, 0.25) is 5.91 Å². The Morgan fingerprint density at radius 3 is 2.56 bits per heavy atom. The maximum atomic E-state index is 17.3. The highest BCUT2D eigenvalue weighted by molar-refractivity contribution is 6.05. The zero-order valence-electron chi connectivity index (χ0n) is 26.0. The van der Waals surface area contributed by atoms with E-state index in [4.69, 9.17) is 0 Å². The van der Waals surface area contributed by atoms with Crippen LogP contribution in [0.2, 0.25) is 0 Å². The lowest BCUT2D eigenvalue weighted by atomic mass is 9.95. The Morgan fingerprint density at radius 1 is 1.13 bits per heavy atom. The summed E-state index contributed by atoms with van der Waals surface area (Å²) in [4.78, 5) is 41.4. The summed E-state index contributed by atoms with van der Waals surface area (Å²) in [5.41, 5.74) is 0.321. The van der Waals surface area contributed by atoms with Crippen LogP contribution in [0.15, 0.2) is 54.0 Å². The number of benzene rings is 2. The molecule has 0 radical (unpaired) electrons. The smallest absolute Gasteiger partial charge is 0.354 e. The van der Waals surface area contributed by atoms with Crippen molar-refractivity contribution in [1.29, 1.82) is 0 Å². The number of aromatic nitrogens is 3. The molecule has 0 aliphatic carbocycles. The zero-order valence-corrected chi connectivity index (χ0v) is 26.0. The summed E-state index contributed by atoms with van der Waals surface area (Å²) in [5, 5.41) is 10.9. The predicted molar refractivity (Wildman–Crippen MR) is 171 cm³/mol. The van der Waals surface area contributed by atoms with Gasteiger partial charge in [-0.2, -0.15) is 4.98 Å². The highest BCUT2D eigenvalue weighted by atomic mass is 19.1. The van der Waals surface area contributed by atoms with E-state index in [9.17, 15) is 14.7 Å². The second-order valence-electron chi connectivity index (χ2n) is 12.2. The third kappa shape index (κ3) is 4.72. The SMILES string of the molecule is C=CC(=O)N1CC(C)N2c3nc(=O)n(-c4c(C)ccnc4C(C)C)c4c(F)c(-c5ccccc5O)c(F)c(c34)N(C)CCC2C1. The highest BCUT2D eigenvalue weighted by Crippen LogP contribution is 2.47. The van der Waals surface area contributed by atoms with Gasteiger partial charge in [-0.3, -0.25) is 14.3 Å². The molecule has 45 heavy (non-hydrogen) atoms. The molecule has 9 nitrogen and oxygen atoms in total. The van der Waals surface area contributed by atoms with Crippen molar-refractivity contribution in [2.75, 3.05) is 36.5 Å². The molecule has 0 saturated carbocycles. The van der Waals surface area contributed by atoms with E-state index in [0.717, 1.165) is 0 Å². The lowest BCUT2D eigenvalue weighted by Gasteiger charge is -2.48. The van der Waals surface area contributed by atoms with Gasteiger partial charge in [0.25, 0.3) is 0 Å². The number of hydrogen-bond acceptors (Lipinski definition) is 7. The van der Waals surface area contributed by atoms with Crippen molar-refractivity contribution in [2.24, 2.45) is 0 Å². The van der Waals surface area contributed by atoms with E-state index in [-0.39, 0.29) is 57.6 Å². The number of fused-ring (bicyclic) bond motifs is 2. The van der Waals surface area contributed by atoms with E-state index in [1.807, 2.05) is 32.6 Å². The van der Waals surface area contributed by atoms with Gasteiger partial charge in [-0.25, -0.2) is 13.6 Å². The molecule has 1 amide bonds. The van der Waals surface area contributed by atoms with Gasteiger partial charge in [0.05, 0.1) is 34.1 Å². The van der Waals surface area contributed by atoms with Crippen LogP contribution in [0.4, 0.5) is 20.3 Å². The molecule has 2 aliphatic rings. The van der Waals surface area contributed by atoms with E-state index in [0.29, 0.717) is 43.0 Å². The van der Waals surface area contributed by atoms with E-state index < -0.39 is 22.9 Å². The Balaban J connectivity index is 1.80. The quantitative estimate of drug-likeness (QED) is 0.312. The normalized spacial score (nSPS) is 18.2. The van der Waals surface area contributed by atoms with Gasteiger partial charge in [-0.1, -0.05) is 38.6 Å². The second-order valence-corrected chi connectivity index (χ2v) is 12.2. The number of rotatable bonds is 4. The Kier molecular flexibility index (Phi) is 7.58. The minimum absolute atomic E-state index is 0.0340. The van der Waals surface area contributed by atoms with Gasteiger partial charge >= 0.3 is 5.69 Å². The first kappa shape index (κ1) is 30.2. The Morgan fingerprint density at radius 2 is 1.87 bits per heavy atom. The van der Waals surface area contributed by atoms with Gasteiger partial charge < -0.3 is 19.8 Å². The number of carbonyl (C=O) groups is 1. The van der Waals surface area contributed by atoms with E-state index in [1.165, 1.54) is 22.8 Å². The number of pyridine rings is 1. The van der Waals surface area contributed by atoms with Gasteiger partial charge in [0.1, 0.15) is 17.1 Å². The molecule has 11 heteroatoms. The van der Waals surface area contributed by atoms with Crippen molar-refractivity contribution in [2.45, 2.75) is 52.1 Å². The number of aryl methyl sites for hydroxylation is 1. The number of phenols is 1. The average molecular weight is 615 g/mol. The first-order valence-electron chi connectivity index (χ1n) is 15.1. The molecule has 1 fully saturated rings. The van der Waals surface area contributed by atoms with Crippen LogP contribution in [-0.4, -0.2) is 69.2 Å². The van der Waals surface area contributed by atoms with Crippen molar-refractivity contribution in [3.63, 3.8) is 0 Å². The maximum absolute atomic E-state index is 17.3. The molecule has 2 aromatic carbocycles. The molecule has 6 rings (SSSR count). The van der Waals surface area contributed by atoms with Crippen molar-refractivity contribution >= 4 is 28.3 Å². The van der Waals surface area contributed by atoms with Crippen molar-refractivity contribution in [3.8, 4) is 22.6 Å². The van der Waals surface area contributed by atoms with Crippen molar-refractivity contribution < 1.29 is 18.7 Å². The fourth-order valence-electron chi connectivity index (χ4n) is 6.90. The Labute approximate surface area is 260 Å². The Hall–Kier alpha value is -4.80. The van der Waals surface area contributed by atoms with Crippen LogP contribution in [-0.2, 0) is 4.79 Å². The number of amides is 1. The largest absolute Gasteiger partial charge is 0.507 e. The summed E-state index contributed by atoms with van der Waals surface area (Å²) in [5.74, 6) is -2.34.